The van der Waals surface area contributed by atoms with Gasteiger partial charge in [0.2, 0.25) is 0 Å². The van der Waals surface area contributed by atoms with Crippen molar-refractivity contribution >= 4 is 40.7 Å². The van der Waals surface area contributed by atoms with Crippen LogP contribution in [-0.4, -0.2) is 35.3 Å². The first-order valence-corrected chi connectivity index (χ1v) is 8.66. The van der Waals surface area contributed by atoms with Crippen LogP contribution in [0, 0.1) is 0 Å². The van der Waals surface area contributed by atoms with Gasteiger partial charge < -0.3 is 10.2 Å². The van der Waals surface area contributed by atoms with Crippen LogP contribution in [0.2, 0.25) is 10.0 Å². The maximum atomic E-state index is 12.4. The standard InChI is InChI=1S/C18H19Cl2N3O2/c1-3-4-10-23(2)18(25)12-8-9-21-15(11-12)17(24)22-16-13(19)6-5-7-14(16)20/h5-9,11H,3-4,10H2,1-2H3,(H,22,24). The Labute approximate surface area is 157 Å². The van der Waals surface area contributed by atoms with Crippen molar-refractivity contribution in [3.63, 3.8) is 0 Å². The third-order valence-electron chi connectivity index (χ3n) is 3.63. The topological polar surface area (TPSA) is 62.3 Å². The van der Waals surface area contributed by atoms with Gasteiger partial charge >= 0.3 is 0 Å². The number of unbranched alkanes of at least 4 members (excludes halogenated alkanes) is 1. The molecule has 0 aliphatic heterocycles. The average Bonchev–Trinajstić information content (AvgIpc) is 2.62. The summed E-state index contributed by atoms with van der Waals surface area (Å²) < 4.78 is 0. The maximum Gasteiger partial charge on any atom is 0.274 e. The van der Waals surface area contributed by atoms with Gasteiger partial charge in [-0.05, 0) is 30.7 Å². The lowest BCUT2D eigenvalue weighted by atomic mass is 10.2. The van der Waals surface area contributed by atoms with Gasteiger partial charge in [0.25, 0.3) is 11.8 Å². The van der Waals surface area contributed by atoms with E-state index in [1.54, 1.807) is 36.2 Å². The Kier molecular flexibility index (Phi) is 6.79. The number of halogens is 2. The predicted molar refractivity (Wildman–Crippen MR) is 101 cm³/mol. The van der Waals surface area contributed by atoms with Crippen molar-refractivity contribution < 1.29 is 9.59 Å². The van der Waals surface area contributed by atoms with Crippen LogP contribution in [0.4, 0.5) is 5.69 Å². The van der Waals surface area contributed by atoms with Gasteiger partial charge in [-0.3, -0.25) is 14.6 Å². The van der Waals surface area contributed by atoms with Crippen LogP contribution >= 0.6 is 23.2 Å². The summed E-state index contributed by atoms with van der Waals surface area (Å²) in [6.45, 7) is 2.72. The Morgan fingerprint density at radius 3 is 2.52 bits per heavy atom. The van der Waals surface area contributed by atoms with Crippen LogP contribution < -0.4 is 5.32 Å². The SMILES string of the molecule is CCCCN(C)C(=O)c1ccnc(C(=O)Nc2c(Cl)cccc2Cl)c1. The highest BCUT2D eigenvalue weighted by molar-refractivity contribution is 6.40. The monoisotopic (exact) mass is 379 g/mol. The number of amides is 2. The molecule has 0 saturated carbocycles. The molecular formula is C18H19Cl2N3O2. The molecule has 2 amide bonds. The quantitative estimate of drug-likeness (QED) is 0.802. The second kappa shape index (κ2) is 8.83. The van der Waals surface area contributed by atoms with E-state index in [0.29, 0.717) is 27.8 Å². The molecule has 1 aromatic heterocycles. The molecule has 0 bridgehead atoms. The number of aromatic nitrogens is 1. The summed E-state index contributed by atoms with van der Waals surface area (Å²) in [5.74, 6) is -0.637. The molecule has 132 valence electrons. The molecule has 1 aromatic carbocycles. The van der Waals surface area contributed by atoms with Gasteiger partial charge in [0.1, 0.15) is 5.69 Å². The number of rotatable bonds is 6. The van der Waals surface area contributed by atoms with E-state index in [1.807, 2.05) is 0 Å². The number of hydrogen-bond acceptors (Lipinski definition) is 3. The van der Waals surface area contributed by atoms with Crippen LogP contribution in [0.3, 0.4) is 0 Å². The molecular weight excluding hydrogens is 361 g/mol. The molecule has 0 radical (unpaired) electrons. The zero-order chi connectivity index (χ0) is 18.4. The third kappa shape index (κ3) is 4.94. The molecule has 0 fully saturated rings. The van der Waals surface area contributed by atoms with E-state index in [4.69, 9.17) is 23.2 Å². The third-order valence-corrected chi connectivity index (χ3v) is 4.26. The number of hydrogen-bond donors (Lipinski definition) is 1. The minimum Gasteiger partial charge on any atom is -0.342 e. The molecule has 0 spiro atoms. The largest absolute Gasteiger partial charge is 0.342 e. The fourth-order valence-electron chi connectivity index (χ4n) is 2.20. The molecule has 0 aliphatic rings. The molecule has 7 heteroatoms. The van der Waals surface area contributed by atoms with Crippen LogP contribution in [0.1, 0.15) is 40.6 Å². The molecule has 0 atom stereocenters. The minimum atomic E-state index is -0.485. The summed E-state index contributed by atoms with van der Waals surface area (Å²) in [5.41, 5.74) is 0.837. The molecule has 25 heavy (non-hydrogen) atoms. The van der Waals surface area contributed by atoms with Gasteiger partial charge in [0.15, 0.2) is 0 Å². The Morgan fingerprint density at radius 2 is 1.88 bits per heavy atom. The van der Waals surface area contributed by atoms with Gasteiger partial charge in [0.05, 0.1) is 15.7 Å². The second-order valence-electron chi connectivity index (χ2n) is 5.56. The lowest BCUT2D eigenvalue weighted by Crippen LogP contribution is -2.28. The van der Waals surface area contributed by atoms with Crippen LogP contribution in [0.5, 0.6) is 0 Å². The van der Waals surface area contributed by atoms with Gasteiger partial charge in [-0.1, -0.05) is 42.6 Å². The number of nitrogens with zero attached hydrogens (tertiary/aromatic N) is 2. The first-order valence-electron chi connectivity index (χ1n) is 7.91. The Bertz CT molecular complexity index is 760. The van der Waals surface area contributed by atoms with E-state index in [1.165, 1.54) is 12.3 Å². The van der Waals surface area contributed by atoms with Gasteiger partial charge in [0, 0.05) is 25.4 Å². The van der Waals surface area contributed by atoms with Crippen molar-refractivity contribution in [2.45, 2.75) is 19.8 Å². The van der Waals surface area contributed by atoms with Crippen molar-refractivity contribution in [3.8, 4) is 0 Å². The fourth-order valence-corrected chi connectivity index (χ4v) is 2.69. The van der Waals surface area contributed by atoms with E-state index in [2.05, 4.69) is 17.2 Å². The first kappa shape index (κ1) is 19.2. The van der Waals surface area contributed by atoms with Crippen LogP contribution in [0.15, 0.2) is 36.5 Å². The molecule has 1 heterocycles. The first-order chi connectivity index (χ1) is 11.9. The number of para-hydroxylation sites is 1. The fraction of sp³-hybridized carbons (Fsp3) is 0.278. The molecule has 0 aliphatic carbocycles. The second-order valence-corrected chi connectivity index (χ2v) is 6.38. The van der Waals surface area contributed by atoms with Crippen molar-refractivity contribution in [2.24, 2.45) is 0 Å². The van der Waals surface area contributed by atoms with E-state index >= 15 is 0 Å². The molecule has 1 N–H and O–H groups in total. The summed E-state index contributed by atoms with van der Waals surface area (Å²) in [6, 6.07) is 7.98. The molecule has 2 aromatic rings. The maximum absolute atomic E-state index is 12.4. The molecule has 5 nitrogen and oxygen atoms in total. The molecule has 0 saturated heterocycles. The number of nitrogens with one attached hydrogen (secondary N) is 1. The van der Waals surface area contributed by atoms with E-state index in [-0.39, 0.29) is 11.6 Å². The number of carbonyl (C=O) groups is 2. The van der Waals surface area contributed by atoms with Crippen LogP contribution in [-0.2, 0) is 0 Å². The summed E-state index contributed by atoms with van der Waals surface area (Å²) in [4.78, 5) is 30.5. The lowest BCUT2D eigenvalue weighted by molar-refractivity contribution is 0.0793. The van der Waals surface area contributed by atoms with E-state index in [9.17, 15) is 9.59 Å². The van der Waals surface area contributed by atoms with Gasteiger partial charge in [-0.2, -0.15) is 0 Å². The highest BCUT2D eigenvalue weighted by Crippen LogP contribution is 2.30. The van der Waals surface area contributed by atoms with Crippen molar-refractivity contribution in [1.29, 1.82) is 0 Å². The number of anilines is 1. The van der Waals surface area contributed by atoms with E-state index in [0.717, 1.165) is 12.8 Å². The highest BCUT2D eigenvalue weighted by atomic mass is 35.5. The smallest absolute Gasteiger partial charge is 0.274 e. The van der Waals surface area contributed by atoms with Gasteiger partial charge in [-0.15, -0.1) is 0 Å². The van der Waals surface area contributed by atoms with Gasteiger partial charge in [-0.25, -0.2) is 0 Å². The molecule has 2 rings (SSSR count). The highest BCUT2D eigenvalue weighted by Gasteiger charge is 2.16. The zero-order valence-corrected chi connectivity index (χ0v) is 15.6. The van der Waals surface area contributed by atoms with Crippen molar-refractivity contribution in [1.82, 2.24) is 9.88 Å². The Morgan fingerprint density at radius 1 is 1.20 bits per heavy atom. The van der Waals surface area contributed by atoms with E-state index < -0.39 is 5.91 Å². The predicted octanol–water partition coefficient (Wildman–Crippen LogP) is 4.51. The molecule has 0 unspecified atom stereocenters. The normalized spacial score (nSPS) is 10.4. The average molecular weight is 380 g/mol. The number of benzene rings is 1. The van der Waals surface area contributed by atoms with Crippen LogP contribution in [0.25, 0.3) is 0 Å². The van der Waals surface area contributed by atoms with Crippen molar-refractivity contribution in [2.75, 3.05) is 18.9 Å². The summed E-state index contributed by atoms with van der Waals surface area (Å²) in [7, 11) is 1.74. The van der Waals surface area contributed by atoms with Crippen molar-refractivity contribution in [3.05, 3.63) is 57.8 Å². The summed E-state index contributed by atoms with van der Waals surface area (Å²) in [6.07, 6.45) is 3.36. The Hall–Kier alpha value is -2.11. The Balaban J connectivity index is 2.18. The number of carbonyl (C=O) groups excluding carboxylic acids is 2. The lowest BCUT2D eigenvalue weighted by Gasteiger charge is -2.17. The summed E-state index contributed by atoms with van der Waals surface area (Å²) in [5, 5.41) is 3.29. The number of pyridine rings is 1. The summed E-state index contributed by atoms with van der Waals surface area (Å²) >= 11 is 12.1. The zero-order valence-electron chi connectivity index (χ0n) is 14.1. The minimum absolute atomic E-state index is 0.116.